The molecule has 0 saturated heterocycles. The maximum absolute atomic E-state index is 4.22. The quantitative estimate of drug-likeness (QED) is 0.433. The molecule has 15 heavy (non-hydrogen) atoms. The Balaban J connectivity index is 2.99. The maximum Gasteiger partial charge on any atom is 0.00750 e. The SMILES string of the molecule is CC(C)(C)SCCCCCCCCCS. The van der Waals surface area contributed by atoms with Crippen LogP contribution in [-0.2, 0) is 0 Å². The van der Waals surface area contributed by atoms with Gasteiger partial charge in [0.05, 0.1) is 0 Å². The number of thioether (sulfide) groups is 1. The van der Waals surface area contributed by atoms with Crippen molar-refractivity contribution in [3.05, 3.63) is 0 Å². The van der Waals surface area contributed by atoms with E-state index in [1.807, 2.05) is 0 Å². The molecule has 0 amide bonds. The smallest absolute Gasteiger partial charge is 0.00750 e. The van der Waals surface area contributed by atoms with E-state index in [9.17, 15) is 0 Å². The number of rotatable bonds is 9. The molecule has 0 aliphatic rings. The summed E-state index contributed by atoms with van der Waals surface area (Å²) in [5, 5.41) is 0. The van der Waals surface area contributed by atoms with Gasteiger partial charge in [-0.05, 0) is 24.3 Å². The molecule has 0 spiro atoms. The molecule has 0 aliphatic heterocycles. The van der Waals surface area contributed by atoms with Gasteiger partial charge in [-0.1, -0.05) is 52.9 Å². The first kappa shape index (κ1) is 15.7. The van der Waals surface area contributed by atoms with Crippen molar-refractivity contribution >= 4 is 24.4 Å². The molecule has 0 aliphatic carbocycles. The number of unbranched alkanes of at least 4 members (excludes halogenated alkanes) is 6. The molecule has 0 saturated carbocycles. The minimum absolute atomic E-state index is 0.451. The summed E-state index contributed by atoms with van der Waals surface area (Å²) in [6.45, 7) is 6.90. The van der Waals surface area contributed by atoms with Gasteiger partial charge in [0.25, 0.3) is 0 Å². The topological polar surface area (TPSA) is 0 Å². The molecule has 0 nitrogen and oxygen atoms in total. The Morgan fingerprint density at radius 1 is 0.800 bits per heavy atom. The highest BCUT2D eigenvalue weighted by Crippen LogP contribution is 2.24. The minimum atomic E-state index is 0.451. The van der Waals surface area contributed by atoms with Gasteiger partial charge in [-0.15, -0.1) is 0 Å². The van der Waals surface area contributed by atoms with Gasteiger partial charge in [-0.2, -0.15) is 24.4 Å². The Morgan fingerprint density at radius 2 is 1.27 bits per heavy atom. The molecule has 0 aromatic carbocycles. The Kier molecular flexibility index (Phi) is 10.4. The predicted molar refractivity (Wildman–Crippen MR) is 78.4 cm³/mol. The molecule has 0 aromatic heterocycles. The summed E-state index contributed by atoms with van der Waals surface area (Å²) in [7, 11) is 0. The van der Waals surface area contributed by atoms with Crippen molar-refractivity contribution in [3.63, 3.8) is 0 Å². The van der Waals surface area contributed by atoms with Crippen molar-refractivity contribution in [1.82, 2.24) is 0 Å². The third-order valence-corrected chi connectivity index (χ3v) is 4.01. The van der Waals surface area contributed by atoms with Crippen molar-refractivity contribution in [2.24, 2.45) is 0 Å². The summed E-state index contributed by atoms with van der Waals surface area (Å²) in [6, 6.07) is 0. The second-order valence-corrected chi connectivity index (χ2v) is 7.53. The molecule has 2 heteroatoms. The minimum Gasteiger partial charge on any atom is -0.179 e. The molecule has 0 heterocycles. The highest BCUT2D eigenvalue weighted by Gasteiger charge is 2.08. The van der Waals surface area contributed by atoms with E-state index < -0.39 is 0 Å². The van der Waals surface area contributed by atoms with Gasteiger partial charge in [-0.3, -0.25) is 0 Å². The predicted octanol–water partition coefficient (Wildman–Crippen LogP) is 5.18. The lowest BCUT2D eigenvalue weighted by atomic mass is 10.1. The Labute approximate surface area is 106 Å². The normalized spacial score (nSPS) is 12.0. The van der Waals surface area contributed by atoms with Gasteiger partial charge in [0, 0.05) is 4.75 Å². The highest BCUT2D eigenvalue weighted by atomic mass is 32.2. The van der Waals surface area contributed by atoms with E-state index in [1.165, 1.54) is 50.7 Å². The van der Waals surface area contributed by atoms with Gasteiger partial charge in [0.15, 0.2) is 0 Å². The largest absolute Gasteiger partial charge is 0.179 e. The third kappa shape index (κ3) is 14.7. The van der Waals surface area contributed by atoms with Crippen LogP contribution in [0.15, 0.2) is 0 Å². The lowest BCUT2D eigenvalue weighted by Crippen LogP contribution is -2.08. The van der Waals surface area contributed by atoms with Crippen molar-refractivity contribution in [3.8, 4) is 0 Å². The summed E-state index contributed by atoms with van der Waals surface area (Å²) in [4.78, 5) is 0. The van der Waals surface area contributed by atoms with E-state index in [2.05, 4.69) is 45.2 Å². The van der Waals surface area contributed by atoms with E-state index in [0.29, 0.717) is 4.75 Å². The standard InChI is InChI=1S/C13H28S2/c1-13(2,3)15-12-10-8-6-4-5-7-9-11-14/h14H,4-12H2,1-3H3. The fourth-order valence-corrected chi connectivity index (χ4v) is 2.66. The molecule has 0 aromatic rings. The van der Waals surface area contributed by atoms with Crippen LogP contribution in [0.3, 0.4) is 0 Å². The van der Waals surface area contributed by atoms with Crippen LogP contribution in [0.25, 0.3) is 0 Å². The first-order valence-electron chi connectivity index (χ1n) is 6.31. The van der Waals surface area contributed by atoms with Gasteiger partial charge >= 0.3 is 0 Å². The van der Waals surface area contributed by atoms with Gasteiger partial charge < -0.3 is 0 Å². The molecule has 0 radical (unpaired) electrons. The Morgan fingerprint density at radius 3 is 1.73 bits per heavy atom. The van der Waals surface area contributed by atoms with Gasteiger partial charge in [-0.25, -0.2) is 0 Å². The molecule has 92 valence electrons. The Bertz CT molecular complexity index is 127. The lowest BCUT2D eigenvalue weighted by Gasteiger charge is -2.17. The highest BCUT2D eigenvalue weighted by molar-refractivity contribution is 8.00. The van der Waals surface area contributed by atoms with Crippen molar-refractivity contribution in [1.29, 1.82) is 0 Å². The van der Waals surface area contributed by atoms with Crippen LogP contribution in [0.4, 0.5) is 0 Å². The van der Waals surface area contributed by atoms with Crippen molar-refractivity contribution in [2.75, 3.05) is 11.5 Å². The maximum atomic E-state index is 4.22. The molecule has 0 atom stereocenters. The molecular formula is C13H28S2. The summed E-state index contributed by atoms with van der Waals surface area (Å²) >= 11 is 6.31. The number of thiol groups is 1. The van der Waals surface area contributed by atoms with Crippen LogP contribution >= 0.6 is 24.4 Å². The van der Waals surface area contributed by atoms with E-state index in [-0.39, 0.29) is 0 Å². The summed E-state index contributed by atoms with van der Waals surface area (Å²) < 4.78 is 0.451. The first-order valence-corrected chi connectivity index (χ1v) is 7.93. The fourth-order valence-electron chi connectivity index (χ4n) is 1.48. The fraction of sp³-hybridized carbons (Fsp3) is 1.00. The van der Waals surface area contributed by atoms with Crippen LogP contribution in [0.2, 0.25) is 0 Å². The molecule has 0 unspecified atom stereocenters. The molecule has 0 rings (SSSR count). The van der Waals surface area contributed by atoms with Crippen LogP contribution in [0.5, 0.6) is 0 Å². The average molecular weight is 249 g/mol. The number of hydrogen-bond donors (Lipinski definition) is 1. The summed E-state index contributed by atoms with van der Waals surface area (Å²) in [5.74, 6) is 2.39. The third-order valence-electron chi connectivity index (χ3n) is 2.34. The molecule has 0 fully saturated rings. The van der Waals surface area contributed by atoms with Crippen LogP contribution in [0, 0.1) is 0 Å². The molecule has 0 N–H and O–H groups in total. The Hall–Kier alpha value is 0.700. The zero-order valence-corrected chi connectivity index (χ0v) is 12.4. The van der Waals surface area contributed by atoms with Crippen molar-refractivity contribution < 1.29 is 0 Å². The average Bonchev–Trinajstić information content (AvgIpc) is 2.14. The number of hydrogen-bond acceptors (Lipinski definition) is 2. The van der Waals surface area contributed by atoms with Crippen LogP contribution in [0.1, 0.15) is 65.7 Å². The van der Waals surface area contributed by atoms with Crippen molar-refractivity contribution in [2.45, 2.75) is 70.5 Å². The second kappa shape index (κ2) is 9.89. The van der Waals surface area contributed by atoms with E-state index in [0.717, 1.165) is 5.75 Å². The van der Waals surface area contributed by atoms with E-state index in [1.54, 1.807) is 0 Å². The monoisotopic (exact) mass is 248 g/mol. The van der Waals surface area contributed by atoms with Gasteiger partial charge in [0.2, 0.25) is 0 Å². The van der Waals surface area contributed by atoms with Crippen LogP contribution < -0.4 is 0 Å². The zero-order valence-electron chi connectivity index (χ0n) is 10.7. The van der Waals surface area contributed by atoms with E-state index >= 15 is 0 Å². The summed E-state index contributed by atoms with van der Waals surface area (Å²) in [5.41, 5.74) is 0. The summed E-state index contributed by atoms with van der Waals surface area (Å²) in [6.07, 6.45) is 9.75. The first-order chi connectivity index (χ1) is 7.06. The van der Waals surface area contributed by atoms with Crippen LogP contribution in [-0.4, -0.2) is 16.3 Å². The lowest BCUT2D eigenvalue weighted by molar-refractivity contribution is 0.605. The second-order valence-electron chi connectivity index (χ2n) is 5.16. The van der Waals surface area contributed by atoms with Gasteiger partial charge in [0.1, 0.15) is 0 Å². The zero-order chi connectivity index (χ0) is 11.6. The molecular weight excluding hydrogens is 220 g/mol. The van der Waals surface area contributed by atoms with E-state index in [4.69, 9.17) is 0 Å². The molecule has 0 bridgehead atoms.